The quantitative estimate of drug-likeness (QED) is 0.846. The molecular formula is C14H18N2O. The fourth-order valence-electron chi connectivity index (χ4n) is 2.12. The zero-order chi connectivity index (χ0) is 12.6. The summed E-state index contributed by atoms with van der Waals surface area (Å²) in [4.78, 5) is 11.7. The van der Waals surface area contributed by atoms with Crippen molar-refractivity contribution in [3.8, 4) is 5.69 Å². The van der Waals surface area contributed by atoms with Gasteiger partial charge in [-0.2, -0.15) is 0 Å². The lowest BCUT2D eigenvalue weighted by Crippen LogP contribution is -2.06. The first-order chi connectivity index (χ1) is 8.00. The van der Waals surface area contributed by atoms with Gasteiger partial charge >= 0.3 is 0 Å². The molecule has 0 spiro atoms. The first-order valence-electron chi connectivity index (χ1n) is 5.89. The highest BCUT2D eigenvalue weighted by molar-refractivity contribution is 5.37. The molecule has 17 heavy (non-hydrogen) atoms. The molecule has 0 aliphatic carbocycles. The lowest BCUT2D eigenvalue weighted by Gasteiger charge is -2.12. The molecule has 2 aromatic rings. The predicted octanol–water partition coefficient (Wildman–Crippen LogP) is 2.91. The van der Waals surface area contributed by atoms with Gasteiger partial charge in [-0.3, -0.25) is 14.6 Å². The van der Waals surface area contributed by atoms with Crippen molar-refractivity contribution in [1.82, 2.24) is 9.78 Å². The maximum atomic E-state index is 11.7. The average molecular weight is 230 g/mol. The molecule has 1 aromatic carbocycles. The smallest absolute Gasteiger partial charge is 0.267 e. The Bertz CT molecular complexity index is 573. The Morgan fingerprint density at radius 1 is 1.12 bits per heavy atom. The third kappa shape index (κ3) is 2.05. The number of aromatic nitrogens is 2. The van der Waals surface area contributed by atoms with Crippen LogP contribution in [-0.4, -0.2) is 9.78 Å². The van der Waals surface area contributed by atoms with Gasteiger partial charge < -0.3 is 0 Å². The molecule has 0 unspecified atom stereocenters. The Morgan fingerprint density at radius 3 is 2.24 bits per heavy atom. The predicted molar refractivity (Wildman–Crippen MR) is 70.0 cm³/mol. The van der Waals surface area contributed by atoms with Crippen molar-refractivity contribution in [2.24, 2.45) is 0 Å². The highest BCUT2D eigenvalue weighted by Gasteiger charge is 2.14. The molecule has 0 aliphatic heterocycles. The van der Waals surface area contributed by atoms with E-state index >= 15 is 0 Å². The minimum Gasteiger partial charge on any atom is -0.268 e. The van der Waals surface area contributed by atoms with E-state index in [-0.39, 0.29) is 5.56 Å². The second kappa shape index (κ2) is 4.24. The summed E-state index contributed by atoms with van der Waals surface area (Å²) in [5.74, 6) is 0.315. The Balaban J connectivity index is 2.63. The summed E-state index contributed by atoms with van der Waals surface area (Å²) in [5, 5.41) is 2.89. The Morgan fingerprint density at radius 2 is 1.71 bits per heavy atom. The van der Waals surface area contributed by atoms with E-state index in [2.05, 4.69) is 25.9 Å². The van der Waals surface area contributed by atoms with Gasteiger partial charge in [0.05, 0.1) is 11.4 Å². The minimum atomic E-state index is -0.00530. The van der Waals surface area contributed by atoms with Gasteiger partial charge in [-0.25, -0.2) is 0 Å². The monoisotopic (exact) mass is 230 g/mol. The molecule has 2 rings (SSSR count). The molecule has 3 heteroatoms. The van der Waals surface area contributed by atoms with E-state index in [4.69, 9.17) is 0 Å². The Hall–Kier alpha value is -1.77. The molecule has 0 saturated carbocycles. The fraction of sp³-hybridized carbons (Fsp3) is 0.357. The van der Waals surface area contributed by atoms with Crippen LogP contribution in [0, 0.1) is 13.8 Å². The van der Waals surface area contributed by atoms with Crippen molar-refractivity contribution in [1.29, 1.82) is 0 Å². The number of aromatic amines is 1. The first-order valence-corrected chi connectivity index (χ1v) is 5.89. The number of H-pyrrole nitrogens is 1. The molecule has 0 atom stereocenters. The molecule has 1 aromatic heterocycles. The van der Waals surface area contributed by atoms with E-state index in [9.17, 15) is 4.79 Å². The van der Waals surface area contributed by atoms with Gasteiger partial charge in [-0.1, -0.05) is 31.5 Å². The number of nitrogens with one attached hydrogen (secondary N) is 1. The fourth-order valence-corrected chi connectivity index (χ4v) is 2.12. The number of hydrogen-bond acceptors (Lipinski definition) is 1. The molecular weight excluding hydrogens is 212 g/mol. The van der Waals surface area contributed by atoms with Crippen molar-refractivity contribution in [2.45, 2.75) is 33.6 Å². The second-order valence-corrected chi connectivity index (χ2v) is 4.78. The van der Waals surface area contributed by atoms with E-state index in [1.165, 1.54) is 5.56 Å². The van der Waals surface area contributed by atoms with Gasteiger partial charge in [-0.15, -0.1) is 0 Å². The van der Waals surface area contributed by atoms with Crippen LogP contribution in [0.25, 0.3) is 5.69 Å². The standard InChI is InChI=1S/C14H18N2O/c1-9(2)13-11(4)14(17)15-16(13)12-7-5-10(3)6-8-12/h5-9H,1-4H3,(H,15,17). The van der Waals surface area contributed by atoms with E-state index < -0.39 is 0 Å². The second-order valence-electron chi connectivity index (χ2n) is 4.78. The van der Waals surface area contributed by atoms with Crippen LogP contribution in [0.1, 0.15) is 36.6 Å². The molecule has 0 saturated heterocycles. The van der Waals surface area contributed by atoms with Crippen LogP contribution in [0.15, 0.2) is 29.1 Å². The topological polar surface area (TPSA) is 37.8 Å². The largest absolute Gasteiger partial charge is 0.268 e. The van der Waals surface area contributed by atoms with Gasteiger partial charge in [0.1, 0.15) is 0 Å². The maximum absolute atomic E-state index is 11.7. The minimum absolute atomic E-state index is 0.00530. The number of benzene rings is 1. The van der Waals surface area contributed by atoms with Crippen LogP contribution in [0.5, 0.6) is 0 Å². The maximum Gasteiger partial charge on any atom is 0.267 e. The average Bonchev–Trinajstić information content (AvgIpc) is 2.56. The number of rotatable bonds is 2. The SMILES string of the molecule is Cc1ccc(-n2[nH]c(=O)c(C)c2C(C)C)cc1. The van der Waals surface area contributed by atoms with Crippen LogP contribution in [0.2, 0.25) is 0 Å². The number of nitrogens with zero attached hydrogens (tertiary/aromatic N) is 1. The molecule has 3 nitrogen and oxygen atoms in total. The number of aryl methyl sites for hydroxylation is 1. The summed E-state index contributed by atoms with van der Waals surface area (Å²) in [6.45, 7) is 8.12. The summed E-state index contributed by atoms with van der Waals surface area (Å²) in [7, 11) is 0. The lowest BCUT2D eigenvalue weighted by molar-refractivity contribution is 0.727. The molecule has 0 radical (unpaired) electrons. The third-order valence-electron chi connectivity index (χ3n) is 3.02. The van der Waals surface area contributed by atoms with Crippen molar-refractivity contribution >= 4 is 0 Å². The van der Waals surface area contributed by atoms with Crippen molar-refractivity contribution in [3.63, 3.8) is 0 Å². The summed E-state index contributed by atoms with van der Waals surface area (Å²) >= 11 is 0. The van der Waals surface area contributed by atoms with E-state index in [0.29, 0.717) is 5.92 Å². The van der Waals surface area contributed by atoms with E-state index in [0.717, 1.165) is 16.9 Å². The van der Waals surface area contributed by atoms with Gasteiger partial charge in [0, 0.05) is 5.56 Å². The molecule has 0 aliphatic rings. The zero-order valence-corrected chi connectivity index (χ0v) is 10.7. The highest BCUT2D eigenvalue weighted by Crippen LogP contribution is 2.20. The number of hydrogen-bond donors (Lipinski definition) is 1. The van der Waals surface area contributed by atoms with Crippen LogP contribution in [0.3, 0.4) is 0 Å². The van der Waals surface area contributed by atoms with Gasteiger partial charge in [0.2, 0.25) is 0 Å². The summed E-state index contributed by atoms with van der Waals surface area (Å²) in [5.41, 5.74) is 4.07. The molecule has 1 N–H and O–H groups in total. The van der Waals surface area contributed by atoms with E-state index in [1.54, 1.807) is 0 Å². The highest BCUT2D eigenvalue weighted by atomic mass is 16.1. The summed E-state index contributed by atoms with van der Waals surface area (Å²) < 4.78 is 1.89. The van der Waals surface area contributed by atoms with Crippen LogP contribution in [0.4, 0.5) is 0 Å². The third-order valence-corrected chi connectivity index (χ3v) is 3.02. The normalized spacial score (nSPS) is 11.1. The molecule has 90 valence electrons. The van der Waals surface area contributed by atoms with Gasteiger partial charge in [0.25, 0.3) is 5.56 Å². The summed E-state index contributed by atoms with van der Waals surface area (Å²) in [6.07, 6.45) is 0. The van der Waals surface area contributed by atoms with Crippen LogP contribution >= 0.6 is 0 Å². The lowest BCUT2D eigenvalue weighted by atomic mass is 10.1. The zero-order valence-electron chi connectivity index (χ0n) is 10.7. The van der Waals surface area contributed by atoms with Crippen molar-refractivity contribution in [3.05, 3.63) is 51.4 Å². The Kier molecular flexibility index (Phi) is 2.92. The summed E-state index contributed by atoms with van der Waals surface area (Å²) in [6, 6.07) is 8.15. The Labute approximate surface area is 101 Å². The van der Waals surface area contributed by atoms with Crippen molar-refractivity contribution in [2.75, 3.05) is 0 Å². The van der Waals surface area contributed by atoms with Crippen molar-refractivity contribution < 1.29 is 0 Å². The van der Waals surface area contributed by atoms with Crippen LogP contribution < -0.4 is 5.56 Å². The van der Waals surface area contributed by atoms with Gasteiger partial charge in [0.15, 0.2) is 0 Å². The molecule has 0 bridgehead atoms. The van der Waals surface area contributed by atoms with Crippen LogP contribution in [-0.2, 0) is 0 Å². The van der Waals surface area contributed by atoms with E-state index in [1.807, 2.05) is 35.9 Å². The first kappa shape index (κ1) is 11.7. The molecule has 1 heterocycles. The molecule has 0 amide bonds. The molecule has 0 fully saturated rings. The van der Waals surface area contributed by atoms with Gasteiger partial charge in [-0.05, 0) is 31.9 Å².